The van der Waals surface area contributed by atoms with Gasteiger partial charge in [0.1, 0.15) is 4.60 Å². The number of nitrogens with zero attached hydrogens (tertiary/aromatic N) is 2. The van der Waals surface area contributed by atoms with Crippen LogP contribution in [0.5, 0.6) is 0 Å². The van der Waals surface area contributed by atoms with Gasteiger partial charge >= 0.3 is 0 Å². The lowest BCUT2D eigenvalue weighted by Gasteiger charge is -2.02. The highest BCUT2D eigenvalue weighted by Gasteiger charge is 2.12. The molecule has 0 fully saturated rings. The molecule has 0 bridgehead atoms. The van der Waals surface area contributed by atoms with Crippen LogP contribution in [0.1, 0.15) is 10.4 Å². The van der Waals surface area contributed by atoms with Crippen LogP contribution in [0, 0.1) is 0 Å². The predicted molar refractivity (Wildman–Crippen MR) is 76.0 cm³/mol. The molecule has 3 rings (SSSR count). The lowest BCUT2D eigenvalue weighted by Crippen LogP contribution is -2.12. The molecule has 0 unspecified atom stereocenters. The number of hydrogen-bond donors (Lipinski definition) is 2. The van der Waals surface area contributed by atoms with E-state index >= 15 is 0 Å². The molecule has 0 spiro atoms. The minimum absolute atomic E-state index is 0.214. The SMILES string of the molecule is O=C(Nc1cnc(Br)cn1)c1c[nH]c2ccccc12. The molecule has 0 radical (unpaired) electrons. The Hall–Kier alpha value is -2.21. The summed E-state index contributed by atoms with van der Waals surface area (Å²) < 4.78 is 0.623. The molecule has 1 aromatic carbocycles. The molecular weight excluding hydrogens is 308 g/mol. The molecule has 2 N–H and O–H groups in total. The van der Waals surface area contributed by atoms with E-state index in [-0.39, 0.29) is 5.91 Å². The minimum Gasteiger partial charge on any atom is -0.360 e. The van der Waals surface area contributed by atoms with E-state index in [1.807, 2.05) is 24.3 Å². The van der Waals surface area contributed by atoms with E-state index < -0.39 is 0 Å². The number of amides is 1. The average Bonchev–Trinajstić information content (AvgIpc) is 2.85. The van der Waals surface area contributed by atoms with Gasteiger partial charge in [0.05, 0.1) is 18.0 Å². The quantitative estimate of drug-likeness (QED) is 0.763. The van der Waals surface area contributed by atoms with Gasteiger partial charge in [-0.1, -0.05) is 18.2 Å². The van der Waals surface area contributed by atoms with Crippen molar-refractivity contribution in [2.24, 2.45) is 0 Å². The van der Waals surface area contributed by atoms with E-state index in [1.54, 1.807) is 6.20 Å². The Balaban J connectivity index is 1.90. The van der Waals surface area contributed by atoms with Crippen LogP contribution in [0.25, 0.3) is 10.9 Å². The molecule has 6 heteroatoms. The van der Waals surface area contributed by atoms with Crippen LogP contribution in [0.4, 0.5) is 5.82 Å². The average molecular weight is 317 g/mol. The number of carbonyl (C=O) groups excluding carboxylic acids is 1. The molecule has 1 amide bonds. The maximum Gasteiger partial charge on any atom is 0.259 e. The molecule has 0 aliphatic rings. The Bertz CT molecular complexity index is 736. The third kappa shape index (κ3) is 2.34. The normalized spacial score (nSPS) is 10.6. The molecule has 0 aliphatic carbocycles. The number of carbonyl (C=O) groups is 1. The van der Waals surface area contributed by atoms with Crippen LogP contribution in [0.2, 0.25) is 0 Å². The zero-order valence-corrected chi connectivity index (χ0v) is 11.3. The van der Waals surface area contributed by atoms with Crippen molar-refractivity contribution in [3.63, 3.8) is 0 Å². The fraction of sp³-hybridized carbons (Fsp3) is 0. The molecule has 19 heavy (non-hydrogen) atoms. The smallest absolute Gasteiger partial charge is 0.259 e. The van der Waals surface area contributed by atoms with Crippen LogP contribution in [-0.4, -0.2) is 20.9 Å². The maximum absolute atomic E-state index is 12.2. The van der Waals surface area contributed by atoms with Gasteiger partial charge in [0, 0.05) is 17.1 Å². The van der Waals surface area contributed by atoms with Gasteiger partial charge in [-0.05, 0) is 22.0 Å². The number of rotatable bonds is 2. The number of H-pyrrole nitrogens is 1. The minimum atomic E-state index is -0.214. The number of anilines is 1. The van der Waals surface area contributed by atoms with E-state index in [9.17, 15) is 4.79 Å². The molecule has 0 saturated heterocycles. The lowest BCUT2D eigenvalue weighted by atomic mass is 10.1. The van der Waals surface area contributed by atoms with Gasteiger partial charge in [0.15, 0.2) is 5.82 Å². The fourth-order valence-electron chi connectivity index (χ4n) is 1.82. The van der Waals surface area contributed by atoms with Crippen molar-refractivity contribution in [1.82, 2.24) is 15.0 Å². The Morgan fingerprint density at radius 1 is 1.21 bits per heavy atom. The highest BCUT2D eigenvalue weighted by atomic mass is 79.9. The summed E-state index contributed by atoms with van der Waals surface area (Å²) in [6.45, 7) is 0. The highest BCUT2D eigenvalue weighted by molar-refractivity contribution is 9.10. The first kappa shape index (κ1) is 11.9. The van der Waals surface area contributed by atoms with Gasteiger partial charge in [-0.25, -0.2) is 9.97 Å². The van der Waals surface area contributed by atoms with Crippen molar-refractivity contribution in [3.8, 4) is 0 Å². The summed E-state index contributed by atoms with van der Waals surface area (Å²) >= 11 is 3.19. The van der Waals surface area contributed by atoms with Crippen molar-refractivity contribution < 1.29 is 4.79 Å². The third-order valence-electron chi connectivity index (χ3n) is 2.70. The molecule has 5 nitrogen and oxygen atoms in total. The fourth-order valence-corrected chi connectivity index (χ4v) is 2.02. The monoisotopic (exact) mass is 316 g/mol. The van der Waals surface area contributed by atoms with Gasteiger partial charge in [-0.15, -0.1) is 0 Å². The standard InChI is InChI=1S/C13H9BrN4O/c14-11-6-17-12(7-16-11)18-13(19)9-5-15-10-4-2-1-3-8(9)10/h1-7,15H,(H,17,18,19). The number of benzene rings is 1. The zero-order chi connectivity index (χ0) is 13.2. The Morgan fingerprint density at radius 3 is 2.84 bits per heavy atom. The number of aromatic nitrogens is 3. The Kier molecular flexibility index (Phi) is 3.00. The maximum atomic E-state index is 12.2. The van der Waals surface area contributed by atoms with E-state index in [4.69, 9.17) is 0 Å². The summed E-state index contributed by atoms with van der Waals surface area (Å²) in [6, 6.07) is 7.63. The van der Waals surface area contributed by atoms with Gasteiger partial charge in [0.2, 0.25) is 0 Å². The largest absolute Gasteiger partial charge is 0.360 e. The van der Waals surface area contributed by atoms with Crippen molar-refractivity contribution in [1.29, 1.82) is 0 Å². The highest BCUT2D eigenvalue weighted by Crippen LogP contribution is 2.18. The van der Waals surface area contributed by atoms with E-state index in [0.29, 0.717) is 16.0 Å². The van der Waals surface area contributed by atoms with E-state index in [2.05, 4.69) is 36.2 Å². The Morgan fingerprint density at radius 2 is 2.05 bits per heavy atom. The summed E-state index contributed by atoms with van der Waals surface area (Å²) in [5.41, 5.74) is 1.51. The van der Waals surface area contributed by atoms with Gasteiger partial charge in [0.25, 0.3) is 5.91 Å². The number of halogens is 1. The second-order valence-electron chi connectivity index (χ2n) is 3.93. The number of para-hydroxylation sites is 1. The van der Waals surface area contributed by atoms with Crippen LogP contribution in [0.3, 0.4) is 0 Å². The summed E-state index contributed by atoms with van der Waals surface area (Å²) in [6.07, 6.45) is 4.72. The first-order valence-corrected chi connectivity index (χ1v) is 6.38. The summed E-state index contributed by atoms with van der Waals surface area (Å²) in [7, 11) is 0. The van der Waals surface area contributed by atoms with Crippen LogP contribution < -0.4 is 5.32 Å². The molecular formula is C13H9BrN4O. The van der Waals surface area contributed by atoms with Crippen molar-refractivity contribution in [3.05, 3.63) is 53.0 Å². The van der Waals surface area contributed by atoms with Crippen molar-refractivity contribution >= 4 is 38.6 Å². The van der Waals surface area contributed by atoms with Crippen LogP contribution in [0.15, 0.2) is 47.5 Å². The second kappa shape index (κ2) is 4.81. The van der Waals surface area contributed by atoms with Crippen LogP contribution in [-0.2, 0) is 0 Å². The van der Waals surface area contributed by atoms with Gasteiger partial charge in [-0.3, -0.25) is 4.79 Å². The molecule has 2 heterocycles. The molecule has 0 aliphatic heterocycles. The molecule has 0 atom stereocenters. The first-order valence-electron chi connectivity index (χ1n) is 5.59. The van der Waals surface area contributed by atoms with Crippen molar-refractivity contribution in [2.45, 2.75) is 0 Å². The van der Waals surface area contributed by atoms with Gasteiger partial charge < -0.3 is 10.3 Å². The van der Waals surface area contributed by atoms with Crippen LogP contribution >= 0.6 is 15.9 Å². The third-order valence-corrected chi connectivity index (χ3v) is 3.11. The number of nitrogens with one attached hydrogen (secondary N) is 2. The number of fused-ring (bicyclic) bond motifs is 1. The first-order chi connectivity index (χ1) is 9.24. The van der Waals surface area contributed by atoms with E-state index in [1.165, 1.54) is 12.4 Å². The number of aromatic amines is 1. The molecule has 2 aromatic heterocycles. The lowest BCUT2D eigenvalue weighted by molar-refractivity contribution is 0.102. The molecule has 94 valence electrons. The Labute approximate surface area is 117 Å². The van der Waals surface area contributed by atoms with E-state index in [0.717, 1.165) is 10.9 Å². The summed E-state index contributed by atoms with van der Waals surface area (Å²) in [5.74, 6) is 0.201. The number of hydrogen-bond acceptors (Lipinski definition) is 3. The van der Waals surface area contributed by atoms with Gasteiger partial charge in [-0.2, -0.15) is 0 Å². The zero-order valence-electron chi connectivity index (χ0n) is 9.72. The topological polar surface area (TPSA) is 70.7 Å². The van der Waals surface area contributed by atoms with Crippen molar-refractivity contribution in [2.75, 3.05) is 5.32 Å². The predicted octanol–water partition coefficient (Wildman–Crippen LogP) is 2.97. The molecule has 3 aromatic rings. The summed E-state index contributed by atoms with van der Waals surface area (Å²) in [4.78, 5) is 23.3. The molecule has 0 saturated carbocycles. The summed E-state index contributed by atoms with van der Waals surface area (Å²) in [5, 5.41) is 3.59. The second-order valence-corrected chi connectivity index (χ2v) is 4.74.